The smallest absolute Gasteiger partial charge is 0.138 e. The molecule has 124 valence electrons. The van der Waals surface area contributed by atoms with Gasteiger partial charge in [0, 0.05) is 16.8 Å². The van der Waals surface area contributed by atoms with E-state index in [1.165, 1.54) is 0 Å². The normalized spacial score (nSPS) is 10.8. The van der Waals surface area contributed by atoms with E-state index in [4.69, 9.17) is 33.7 Å². The average Bonchev–Trinajstić information content (AvgIpc) is 2.97. The second kappa shape index (κ2) is 7.02. The Morgan fingerprint density at radius 2 is 2.12 bits per heavy atom. The van der Waals surface area contributed by atoms with E-state index in [9.17, 15) is 0 Å². The molecule has 3 rings (SSSR count). The number of ether oxygens (including phenoxy) is 1. The molecule has 0 radical (unpaired) electrons. The summed E-state index contributed by atoms with van der Waals surface area (Å²) in [5, 5.41) is 9.10. The molecule has 0 atom stereocenters. The van der Waals surface area contributed by atoms with E-state index in [0.29, 0.717) is 39.7 Å². The molecule has 1 aromatic carbocycles. The van der Waals surface area contributed by atoms with E-state index in [2.05, 4.69) is 20.3 Å². The van der Waals surface area contributed by atoms with Crippen molar-refractivity contribution >= 4 is 29.0 Å². The standard InChI is InChI=1S/C15H14Cl2N6O/c1-9-19-5-10(15(18)20-9)6-23-7-12(21-22-23)8-24-14-3-2-11(16)4-13(14)17/h2-5,7H,6,8H2,1H3,(H2,18,19,20). The van der Waals surface area contributed by atoms with Gasteiger partial charge in [-0.25, -0.2) is 14.6 Å². The quantitative estimate of drug-likeness (QED) is 0.748. The lowest BCUT2D eigenvalue weighted by Crippen LogP contribution is -2.07. The van der Waals surface area contributed by atoms with Crippen molar-refractivity contribution < 1.29 is 4.74 Å². The van der Waals surface area contributed by atoms with Crippen LogP contribution in [0, 0.1) is 6.92 Å². The van der Waals surface area contributed by atoms with Gasteiger partial charge in [0.1, 0.15) is 29.7 Å². The van der Waals surface area contributed by atoms with Gasteiger partial charge in [0.05, 0.1) is 17.8 Å². The summed E-state index contributed by atoms with van der Waals surface area (Å²) in [5.41, 5.74) is 7.31. The highest BCUT2D eigenvalue weighted by Gasteiger charge is 2.08. The van der Waals surface area contributed by atoms with Gasteiger partial charge in [0.2, 0.25) is 0 Å². The topological polar surface area (TPSA) is 91.7 Å². The Bertz CT molecular complexity index is 867. The zero-order valence-corrected chi connectivity index (χ0v) is 14.3. The van der Waals surface area contributed by atoms with Gasteiger partial charge in [-0.3, -0.25) is 0 Å². The number of halogens is 2. The molecule has 24 heavy (non-hydrogen) atoms. The van der Waals surface area contributed by atoms with Crippen LogP contribution in [0.15, 0.2) is 30.6 Å². The average molecular weight is 365 g/mol. The van der Waals surface area contributed by atoms with Crippen LogP contribution >= 0.6 is 23.2 Å². The molecule has 0 saturated heterocycles. The summed E-state index contributed by atoms with van der Waals surface area (Å²) in [4.78, 5) is 8.26. The molecule has 2 N–H and O–H groups in total. The number of rotatable bonds is 5. The summed E-state index contributed by atoms with van der Waals surface area (Å²) in [6, 6.07) is 5.04. The van der Waals surface area contributed by atoms with E-state index in [-0.39, 0.29) is 6.61 Å². The number of hydrogen-bond acceptors (Lipinski definition) is 6. The Morgan fingerprint density at radius 1 is 1.29 bits per heavy atom. The maximum Gasteiger partial charge on any atom is 0.138 e. The first-order valence-corrected chi connectivity index (χ1v) is 7.81. The highest BCUT2D eigenvalue weighted by molar-refractivity contribution is 6.35. The summed E-state index contributed by atoms with van der Waals surface area (Å²) in [5.74, 6) is 1.60. The molecular formula is C15H14Cl2N6O. The lowest BCUT2D eigenvalue weighted by Gasteiger charge is -2.06. The number of anilines is 1. The minimum absolute atomic E-state index is 0.237. The van der Waals surface area contributed by atoms with Gasteiger partial charge in [-0.15, -0.1) is 5.10 Å². The Morgan fingerprint density at radius 3 is 2.88 bits per heavy atom. The van der Waals surface area contributed by atoms with Gasteiger partial charge in [0.25, 0.3) is 0 Å². The second-order valence-electron chi connectivity index (χ2n) is 5.10. The van der Waals surface area contributed by atoms with Gasteiger partial charge < -0.3 is 10.5 Å². The molecule has 0 aliphatic heterocycles. The third-order valence-electron chi connectivity index (χ3n) is 3.21. The largest absolute Gasteiger partial charge is 0.486 e. The van der Waals surface area contributed by atoms with Crippen LogP contribution in [0.1, 0.15) is 17.1 Å². The van der Waals surface area contributed by atoms with Gasteiger partial charge in [-0.1, -0.05) is 28.4 Å². The van der Waals surface area contributed by atoms with Crippen LogP contribution in [0.2, 0.25) is 10.0 Å². The molecule has 0 saturated carbocycles. The van der Waals surface area contributed by atoms with Crippen molar-refractivity contribution in [3.05, 3.63) is 57.7 Å². The maximum absolute atomic E-state index is 6.06. The molecule has 3 aromatic rings. The van der Waals surface area contributed by atoms with Crippen molar-refractivity contribution in [2.45, 2.75) is 20.1 Å². The predicted molar refractivity (Wildman–Crippen MR) is 91.1 cm³/mol. The highest BCUT2D eigenvalue weighted by Crippen LogP contribution is 2.27. The van der Waals surface area contributed by atoms with Crippen molar-refractivity contribution in [2.75, 3.05) is 5.73 Å². The number of aromatic nitrogens is 5. The van der Waals surface area contributed by atoms with Crippen LogP contribution < -0.4 is 10.5 Å². The monoisotopic (exact) mass is 364 g/mol. The third kappa shape index (κ3) is 3.93. The summed E-state index contributed by atoms with van der Waals surface area (Å²) >= 11 is 11.9. The molecule has 0 bridgehead atoms. The minimum Gasteiger partial charge on any atom is -0.486 e. The number of nitrogens with two attached hydrogens (primary N) is 1. The first-order valence-electron chi connectivity index (χ1n) is 7.06. The van der Waals surface area contributed by atoms with Crippen molar-refractivity contribution in [1.82, 2.24) is 25.0 Å². The molecule has 7 nitrogen and oxygen atoms in total. The van der Waals surface area contributed by atoms with Gasteiger partial charge in [-0.05, 0) is 25.1 Å². The molecule has 0 amide bonds. The van der Waals surface area contributed by atoms with Gasteiger partial charge in [-0.2, -0.15) is 0 Å². The molecular weight excluding hydrogens is 351 g/mol. The number of hydrogen-bond donors (Lipinski definition) is 1. The van der Waals surface area contributed by atoms with E-state index >= 15 is 0 Å². The lowest BCUT2D eigenvalue weighted by atomic mass is 10.3. The van der Waals surface area contributed by atoms with Crippen LogP contribution in [0.25, 0.3) is 0 Å². The van der Waals surface area contributed by atoms with Crippen LogP contribution in [0.5, 0.6) is 5.75 Å². The summed E-state index contributed by atoms with van der Waals surface area (Å²) in [7, 11) is 0. The predicted octanol–water partition coefficient (Wildman–Crippen LogP) is 2.89. The second-order valence-corrected chi connectivity index (χ2v) is 5.94. The zero-order chi connectivity index (χ0) is 17.1. The molecule has 9 heteroatoms. The number of nitrogens with zero attached hydrogens (tertiary/aromatic N) is 5. The van der Waals surface area contributed by atoms with Crippen molar-refractivity contribution in [3.63, 3.8) is 0 Å². The fourth-order valence-corrected chi connectivity index (χ4v) is 2.50. The highest BCUT2D eigenvalue weighted by atomic mass is 35.5. The van der Waals surface area contributed by atoms with Crippen LogP contribution in [0.3, 0.4) is 0 Å². The molecule has 0 aliphatic rings. The summed E-state index contributed by atoms with van der Waals surface area (Å²) in [6.45, 7) is 2.45. The Hall–Kier alpha value is -2.38. The van der Waals surface area contributed by atoms with E-state index in [1.807, 2.05) is 0 Å². The molecule has 0 fully saturated rings. The van der Waals surface area contributed by atoms with Crippen molar-refractivity contribution in [1.29, 1.82) is 0 Å². The SMILES string of the molecule is Cc1ncc(Cn2cc(COc3ccc(Cl)cc3Cl)nn2)c(N)n1. The van der Waals surface area contributed by atoms with E-state index in [1.54, 1.807) is 42.2 Å². The Labute approximate surface area is 148 Å². The Kier molecular flexibility index (Phi) is 4.82. The van der Waals surface area contributed by atoms with Crippen LogP contribution in [0.4, 0.5) is 5.82 Å². The molecule has 0 spiro atoms. The van der Waals surface area contributed by atoms with Crippen LogP contribution in [-0.2, 0) is 13.2 Å². The van der Waals surface area contributed by atoms with Gasteiger partial charge in [0.15, 0.2) is 0 Å². The van der Waals surface area contributed by atoms with Crippen molar-refractivity contribution in [2.24, 2.45) is 0 Å². The molecule has 0 unspecified atom stereocenters. The number of benzene rings is 1. The fourth-order valence-electron chi connectivity index (χ4n) is 2.03. The lowest BCUT2D eigenvalue weighted by molar-refractivity contribution is 0.301. The molecule has 2 heterocycles. The fraction of sp³-hybridized carbons (Fsp3) is 0.200. The van der Waals surface area contributed by atoms with E-state index < -0.39 is 0 Å². The van der Waals surface area contributed by atoms with Crippen molar-refractivity contribution in [3.8, 4) is 5.75 Å². The Balaban J connectivity index is 1.65. The summed E-state index contributed by atoms with van der Waals surface area (Å²) < 4.78 is 7.27. The third-order valence-corrected chi connectivity index (χ3v) is 3.74. The first-order chi connectivity index (χ1) is 11.5. The summed E-state index contributed by atoms with van der Waals surface area (Å²) in [6.07, 6.45) is 3.45. The first kappa shape index (κ1) is 16.5. The van der Waals surface area contributed by atoms with E-state index in [0.717, 1.165) is 5.56 Å². The zero-order valence-electron chi connectivity index (χ0n) is 12.8. The maximum atomic E-state index is 6.06. The number of nitrogen functional groups attached to an aromatic ring is 1. The molecule has 2 aromatic heterocycles. The minimum atomic E-state index is 0.237. The molecule has 0 aliphatic carbocycles. The number of aryl methyl sites for hydroxylation is 1. The van der Waals surface area contributed by atoms with Gasteiger partial charge >= 0.3 is 0 Å². The van der Waals surface area contributed by atoms with Crippen LogP contribution in [-0.4, -0.2) is 25.0 Å².